The third-order valence-electron chi connectivity index (χ3n) is 2.98. The number of methoxy groups -OCH3 is 1. The lowest BCUT2D eigenvalue weighted by Crippen LogP contribution is -2.57. The van der Waals surface area contributed by atoms with E-state index < -0.39 is 5.60 Å². The highest BCUT2D eigenvalue weighted by Crippen LogP contribution is 2.31. The van der Waals surface area contributed by atoms with Crippen LogP contribution in [0.4, 0.5) is 10.5 Å². The number of hydrogen-bond acceptors (Lipinski definition) is 5. The average Bonchev–Trinajstić information content (AvgIpc) is 2.31. The molecule has 0 radical (unpaired) electrons. The van der Waals surface area contributed by atoms with Gasteiger partial charge in [0.25, 0.3) is 0 Å². The van der Waals surface area contributed by atoms with Gasteiger partial charge in [-0.05, 0) is 32.9 Å². The molecular formula is C15H22N2O4. The molecule has 1 fully saturated rings. The first-order chi connectivity index (χ1) is 9.78. The Morgan fingerprint density at radius 3 is 2.52 bits per heavy atom. The molecule has 1 aliphatic rings. The van der Waals surface area contributed by atoms with E-state index >= 15 is 0 Å². The summed E-state index contributed by atoms with van der Waals surface area (Å²) in [6, 6.07) is 5.23. The summed E-state index contributed by atoms with van der Waals surface area (Å²) >= 11 is 0. The maximum Gasteiger partial charge on any atom is 0.410 e. The molecule has 1 aromatic rings. The van der Waals surface area contributed by atoms with E-state index in [4.69, 9.17) is 19.9 Å². The standard InChI is InChI=1S/C15H22N2O4/c1-15(2,3)21-14(18)17-8-11(9-17)20-13-7-10(16)5-6-12(13)19-4/h5-7,11H,8-9,16H2,1-4H3. The minimum Gasteiger partial charge on any atom is -0.493 e. The van der Waals surface area contributed by atoms with Crippen molar-refractivity contribution < 1.29 is 19.0 Å². The van der Waals surface area contributed by atoms with Gasteiger partial charge in [-0.1, -0.05) is 0 Å². The van der Waals surface area contributed by atoms with Crippen LogP contribution in [-0.4, -0.2) is 42.9 Å². The van der Waals surface area contributed by atoms with E-state index in [1.807, 2.05) is 20.8 Å². The number of rotatable bonds is 3. The number of nitrogens with two attached hydrogens (primary N) is 1. The number of carbonyl (C=O) groups is 1. The molecule has 21 heavy (non-hydrogen) atoms. The van der Waals surface area contributed by atoms with Crippen LogP contribution < -0.4 is 15.2 Å². The van der Waals surface area contributed by atoms with Crippen LogP contribution in [0.5, 0.6) is 11.5 Å². The Morgan fingerprint density at radius 2 is 1.95 bits per heavy atom. The van der Waals surface area contributed by atoms with Crippen molar-refractivity contribution in [2.24, 2.45) is 0 Å². The fraction of sp³-hybridized carbons (Fsp3) is 0.533. The van der Waals surface area contributed by atoms with Crippen molar-refractivity contribution in [2.75, 3.05) is 25.9 Å². The molecular weight excluding hydrogens is 272 g/mol. The number of benzene rings is 1. The van der Waals surface area contributed by atoms with Crippen LogP contribution in [0.25, 0.3) is 0 Å². The summed E-state index contributed by atoms with van der Waals surface area (Å²) in [6.45, 7) is 6.52. The monoisotopic (exact) mass is 294 g/mol. The Bertz CT molecular complexity index is 519. The van der Waals surface area contributed by atoms with Gasteiger partial charge < -0.3 is 24.8 Å². The zero-order valence-corrected chi connectivity index (χ0v) is 12.9. The maximum absolute atomic E-state index is 11.8. The Balaban J connectivity index is 1.88. The first-order valence-electron chi connectivity index (χ1n) is 6.86. The highest BCUT2D eigenvalue weighted by molar-refractivity contribution is 5.69. The molecule has 116 valence electrons. The van der Waals surface area contributed by atoms with E-state index in [1.54, 1.807) is 30.2 Å². The van der Waals surface area contributed by atoms with Gasteiger partial charge in [0.15, 0.2) is 11.5 Å². The summed E-state index contributed by atoms with van der Waals surface area (Å²) in [5.74, 6) is 1.21. The molecule has 1 saturated heterocycles. The fourth-order valence-corrected chi connectivity index (χ4v) is 1.95. The number of hydrogen-bond donors (Lipinski definition) is 1. The molecule has 2 N–H and O–H groups in total. The number of ether oxygens (including phenoxy) is 3. The van der Waals surface area contributed by atoms with Crippen LogP contribution in [0.15, 0.2) is 18.2 Å². The van der Waals surface area contributed by atoms with Crippen LogP contribution in [0.3, 0.4) is 0 Å². The lowest BCUT2D eigenvalue weighted by Gasteiger charge is -2.39. The number of likely N-dealkylation sites (tertiary alicyclic amines) is 1. The smallest absolute Gasteiger partial charge is 0.410 e. The van der Waals surface area contributed by atoms with Gasteiger partial charge in [0.2, 0.25) is 0 Å². The van der Waals surface area contributed by atoms with Crippen molar-refractivity contribution in [3.8, 4) is 11.5 Å². The van der Waals surface area contributed by atoms with E-state index in [9.17, 15) is 4.79 Å². The molecule has 2 rings (SSSR count). The van der Waals surface area contributed by atoms with Gasteiger partial charge in [-0.15, -0.1) is 0 Å². The summed E-state index contributed by atoms with van der Waals surface area (Å²) in [5.41, 5.74) is 5.86. The summed E-state index contributed by atoms with van der Waals surface area (Å²) in [5, 5.41) is 0. The van der Waals surface area contributed by atoms with E-state index in [0.29, 0.717) is 30.3 Å². The largest absolute Gasteiger partial charge is 0.493 e. The molecule has 0 aliphatic carbocycles. The second kappa shape index (κ2) is 5.71. The van der Waals surface area contributed by atoms with Crippen molar-refractivity contribution in [3.63, 3.8) is 0 Å². The topological polar surface area (TPSA) is 74.0 Å². The van der Waals surface area contributed by atoms with Gasteiger partial charge in [-0.3, -0.25) is 0 Å². The molecule has 1 aliphatic heterocycles. The second-order valence-corrected chi connectivity index (χ2v) is 6.04. The van der Waals surface area contributed by atoms with Crippen LogP contribution in [0, 0.1) is 0 Å². The molecule has 6 nitrogen and oxygen atoms in total. The lowest BCUT2D eigenvalue weighted by molar-refractivity contribution is -0.0226. The highest BCUT2D eigenvalue weighted by atomic mass is 16.6. The summed E-state index contributed by atoms with van der Waals surface area (Å²) in [4.78, 5) is 13.4. The van der Waals surface area contributed by atoms with Crippen LogP contribution in [-0.2, 0) is 4.74 Å². The van der Waals surface area contributed by atoms with E-state index in [1.165, 1.54) is 0 Å². The molecule has 1 aromatic carbocycles. The summed E-state index contributed by atoms with van der Waals surface area (Å²) in [6.07, 6.45) is -0.393. The molecule has 0 bridgehead atoms. The minimum atomic E-state index is -0.486. The molecule has 0 spiro atoms. The van der Waals surface area contributed by atoms with Crippen LogP contribution >= 0.6 is 0 Å². The molecule has 0 unspecified atom stereocenters. The number of anilines is 1. The zero-order chi connectivity index (χ0) is 15.6. The van der Waals surface area contributed by atoms with Gasteiger partial charge in [0, 0.05) is 11.8 Å². The third kappa shape index (κ3) is 3.93. The Labute approximate surface area is 124 Å². The first-order valence-corrected chi connectivity index (χ1v) is 6.86. The molecule has 0 aromatic heterocycles. The summed E-state index contributed by atoms with van der Waals surface area (Å²) < 4.78 is 16.3. The van der Waals surface area contributed by atoms with Crippen LogP contribution in [0.1, 0.15) is 20.8 Å². The maximum atomic E-state index is 11.8. The number of nitrogens with zero attached hydrogens (tertiary/aromatic N) is 1. The molecule has 0 saturated carbocycles. The zero-order valence-electron chi connectivity index (χ0n) is 12.9. The predicted octanol–water partition coefficient (Wildman–Crippen LogP) is 2.28. The number of carbonyl (C=O) groups excluding carboxylic acids is 1. The lowest BCUT2D eigenvalue weighted by atomic mass is 10.1. The van der Waals surface area contributed by atoms with Gasteiger partial charge in [-0.25, -0.2) is 4.79 Å². The Hall–Kier alpha value is -2.11. The minimum absolute atomic E-state index is 0.0757. The van der Waals surface area contributed by atoms with Gasteiger partial charge in [0.05, 0.1) is 20.2 Å². The SMILES string of the molecule is COc1ccc(N)cc1OC1CN(C(=O)OC(C)(C)C)C1. The van der Waals surface area contributed by atoms with Crippen molar-refractivity contribution in [3.05, 3.63) is 18.2 Å². The van der Waals surface area contributed by atoms with Crippen molar-refractivity contribution in [1.82, 2.24) is 4.90 Å². The van der Waals surface area contributed by atoms with E-state index in [-0.39, 0.29) is 12.2 Å². The Morgan fingerprint density at radius 1 is 1.29 bits per heavy atom. The summed E-state index contributed by atoms with van der Waals surface area (Å²) in [7, 11) is 1.58. The fourth-order valence-electron chi connectivity index (χ4n) is 1.95. The Kier molecular flexibility index (Phi) is 4.16. The second-order valence-electron chi connectivity index (χ2n) is 6.04. The van der Waals surface area contributed by atoms with E-state index in [0.717, 1.165) is 0 Å². The molecule has 1 amide bonds. The quantitative estimate of drug-likeness (QED) is 0.866. The average molecular weight is 294 g/mol. The van der Waals surface area contributed by atoms with Crippen molar-refractivity contribution >= 4 is 11.8 Å². The molecule has 0 atom stereocenters. The van der Waals surface area contributed by atoms with Gasteiger partial charge in [-0.2, -0.15) is 0 Å². The first kappa shape index (κ1) is 15.3. The number of nitrogen functional groups attached to an aromatic ring is 1. The van der Waals surface area contributed by atoms with Gasteiger partial charge in [0.1, 0.15) is 11.7 Å². The molecule has 1 heterocycles. The van der Waals surface area contributed by atoms with Crippen molar-refractivity contribution in [2.45, 2.75) is 32.5 Å². The highest BCUT2D eigenvalue weighted by Gasteiger charge is 2.35. The normalized spacial score (nSPS) is 15.3. The molecule has 6 heteroatoms. The number of amides is 1. The van der Waals surface area contributed by atoms with Crippen molar-refractivity contribution in [1.29, 1.82) is 0 Å². The predicted molar refractivity (Wildman–Crippen MR) is 79.6 cm³/mol. The third-order valence-corrected chi connectivity index (χ3v) is 2.98. The van der Waals surface area contributed by atoms with E-state index in [2.05, 4.69) is 0 Å². The van der Waals surface area contributed by atoms with Crippen LogP contribution in [0.2, 0.25) is 0 Å². The van der Waals surface area contributed by atoms with Gasteiger partial charge >= 0.3 is 6.09 Å².